The molecule has 19 atom stereocenters. The third-order valence-corrected chi connectivity index (χ3v) is 27.1. The molecule has 8 aliphatic rings. The van der Waals surface area contributed by atoms with Gasteiger partial charge < -0.3 is 85.3 Å². The number of allylic oxidation sites excluding steroid dienone is 4. The fourth-order valence-corrected chi connectivity index (χ4v) is 20.1. The molecule has 7 aliphatic carbocycles. The highest BCUT2D eigenvalue weighted by Crippen LogP contribution is 2.66. The summed E-state index contributed by atoms with van der Waals surface area (Å²) in [4.78, 5) is 157. The Balaban J connectivity index is 0.743. The Morgan fingerprint density at radius 3 is 2.09 bits per heavy atom. The van der Waals surface area contributed by atoms with Crippen LogP contribution in [0.2, 0.25) is 0 Å². The molecule has 4 aromatic rings. The SMILES string of the molecule is C=C1/C(=C\C=C2/CCC[C@@]3(C)C2CCC3[C@@H](C)/C=C/C(OC(=O)NC(C)(C)C(=O)CC(CCCNC(N)=O)C(=O)Nc2ccc(COC(=O)OC3CC4OCC4(OC(C)=O)C4C(OC(=O)c5ccccc5)C5(O)CC(OC(=O)C(O)C(NC(=O)c6ccccc6)c6ccccc6)C(C)=C(C(OC(C)=O)C(=O)C34C)C5(C)C)cc2)C2CC2)C[C@@H](O)C[C@@H]1O. The van der Waals surface area contributed by atoms with Crippen LogP contribution in [-0.2, 0) is 73.3 Å². The predicted octanol–water partition coefficient (Wildman–Crippen LogP) is 11.7. The number of aliphatic hydroxyl groups excluding tert-OH is 3. The molecule has 122 heavy (non-hydrogen) atoms. The molecular formula is C94H115N5O23. The molecule has 0 spiro atoms. The second kappa shape index (κ2) is 37.2. The van der Waals surface area contributed by atoms with Crippen LogP contribution in [0.5, 0.6) is 0 Å². The number of anilines is 1. The lowest BCUT2D eigenvalue weighted by Crippen LogP contribution is -2.82. The Morgan fingerprint density at radius 1 is 0.795 bits per heavy atom. The van der Waals surface area contributed by atoms with Crippen LogP contribution in [0.3, 0.4) is 0 Å². The zero-order valence-electron chi connectivity index (χ0n) is 70.9. The molecule has 5 amide bonds. The van der Waals surface area contributed by atoms with Crippen LogP contribution in [0.25, 0.3) is 0 Å². The summed E-state index contributed by atoms with van der Waals surface area (Å²) in [5.74, 6) is -8.76. The van der Waals surface area contributed by atoms with Crippen LogP contribution in [0.1, 0.15) is 197 Å². The number of hydrogen-bond donors (Lipinski definition) is 9. The molecule has 1 aliphatic heterocycles. The van der Waals surface area contributed by atoms with Crippen LogP contribution < -0.4 is 27.0 Å². The van der Waals surface area contributed by atoms with Gasteiger partial charge in [-0.25, -0.2) is 24.0 Å². The largest absolute Gasteiger partial charge is 0.508 e. The molecular weight excluding hydrogens is 1570 g/mol. The second-order valence-electron chi connectivity index (χ2n) is 35.8. The number of alkyl carbamates (subject to hydrolysis) is 1. The molecule has 2 bridgehead atoms. The minimum atomic E-state index is -2.60. The van der Waals surface area contributed by atoms with Gasteiger partial charge in [0, 0.05) is 68.7 Å². The maximum absolute atomic E-state index is 16.7. The summed E-state index contributed by atoms with van der Waals surface area (Å²) in [7, 11) is 0. The molecule has 7 fully saturated rings. The van der Waals surface area contributed by atoms with Gasteiger partial charge in [-0.15, -0.1) is 0 Å². The van der Waals surface area contributed by atoms with Crippen LogP contribution >= 0.6 is 0 Å². The molecule has 28 heteroatoms. The number of Topliss-reactive ketones (excluding diaryl/α,β-unsaturated/α-hetero) is 2. The van der Waals surface area contributed by atoms with E-state index >= 15 is 4.79 Å². The van der Waals surface area contributed by atoms with Crippen LogP contribution in [0, 0.1) is 51.8 Å². The van der Waals surface area contributed by atoms with E-state index in [0.29, 0.717) is 41.4 Å². The first kappa shape index (κ1) is 90.6. The number of carbonyl (C=O) groups excluding carboxylic acids is 11. The van der Waals surface area contributed by atoms with E-state index in [4.69, 9.17) is 43.6 Å². The van der Waals surface area contributed by atoms with Crippen LogP contribution in [0.4, 0.5) is 20.1 Å². The lowest BCUT2D eigenvalue weighted by atomic mass is 9.44. The molecule has 0 aromatic heterocycles. The number of ether oxygens (including phenoxy) is 8. The number of nitrogens with one attached hydrogen (secondary N) is 4. The minimum absolute atomic E-state index is 0.0329. The number of amides is 5. The van der Waals surface area contributed by atoms with Crippen molar-refractivity contribution < 1.29 is 111 Å². The zero-order valence-corrected chi connectivity index (χ0v) is 70.9. The maximum Gasteiger partial charge on any atom is 0.508 e. The van der Waals surface area contributed by atoms with E-state index in [1.54, 1.807) is 66.7 Å². The number of rotatable bonds is 29. The highest BCUT2D eigenvalue weighted by Gasteiger charge is 2.79. The van der Waals surface area contributed by atoms with Crippen molar-refractivity contribution in [2.75, 3.05) is 18.5 Å². The Hall–Kier alpha value is -10.7. The van der Waals surface area contributed by atoms with Crippen molar-refractivity contribution in [3.63, 3.8) is 0 Å². The fraction of sp³-hybridized carbons (Fsp3) is 0.521. The Labute approximate surface area is 710 Å². The quantitative estimate of drug-likeness (QED) is 0.0105. The number of hydrogen-bond acceptors (Lipinski definition) is 23. The van der Waals surface area contributed by atoms with Crippen molar-refractivity contribution in [1.29, 1.82) is 0 Å². The zero-order chi connectivity index (χ0) is 88.1. The van der Waals surface area contributed by atoms with Gasteiger partial charge in [0.15, 0.2) is 29.4 Å². The molecule has 654 valence electrons. The molecule has 6 saturated carbocycles. The van der Waals surface area contributed by atoms with Gasteiger partial charge in [0.2, 0.25) is 5.91 Å². The Morgan fingerprint density at radius 2 is 1.46 bits per heavy atom. The highest BCUT2D eigenvalue weighted by molar-refractivity contribution is 5.99. The summed E-state index contributed by atoms with van der Waals surface area (Å²) in [6.07, 6.45) is 0.0494. The molecule has 15 unspecified atom stereocenters. The number of urea groups is 1. The monoisotopic (exact) mass is 1680 g/mol. The molecule has 28 nitrogen and oxygen atoms in total. The molecule has 1 saturated heterocycles. The first-order valence-electron chi connectivity index (χ1n) is 42.2. The molecule has 1 heterocycles. The van der Waals surface area contributed by atoms with E-state index in [-0.39, 0.29) is 71.0 Å². The van der Waals surface area contributed by atoms with Gasteiger partial charge in [0.1, 0.15) is 42.7 Å². The standard InChI is InChI=1S/C94H115N5O23/c1-52(67-40-41-68-58(29-21-43-91(67,68)10)34-37-63-45-66(102)47-69(103)53(63)2)31-42-70(59-35-36-59)119-87(112)99-90(8,9)72(104)46-64(30-22-44-96-86(95)111)83(108)97-65-38-32-57(33-39-65)50-115-88(113)120-73-48-74-93(51-116-74,122-56(5)101)79-81(121-84(109)62-27-19-14-20-28-62)94(114)49-71(54(3)75(89(94,6)7)78(117-55(4)100)80(106)92(73,79)11)118-85(110)77(105)76(60-23-15-12-16-24-60)98-82(107)61-25-17-13-18-26-61/h12-20,23-28,31-34,37-39,42,52,59,64,66-71,73-74,76-79,81,102-103,105,114H,2,21-22,29-30,35-36,40-41,43-51H2,1,3-11H3,(H,97,108)(H,98,107)(H,99,112)(H3,95,96,111)/b42-31+,58-34+,63-37-/t52-,64?,66+,67?,68?,69-,70?,71?,73?,74?,76?,77?,78?,79?,81?,91+,92?,93?,94?/m0/s1. The number of esters is 4. The van der Waals surface area contributed by atoms with Gasteiger partial charge >= 0.3 is 42.2 Å². The lowest BCUT2D eigenvalue weighted by molar-refractivity contribution is -0.346. The molecule has 12 rings (SSSR count). The van der Waals surface area contributed by atoms with E-state index in [1.807, 2.05) is 12.2 Å². The first-order valence-corrected chi connectivity index (χ1v) is 42.2. The Bertz CT molecular complexity index is 4750. The van der Waals surface area contributed by atoms with Crippen molar-refractivity contribution in [3.8, 4) is 0 Å². The van der Waals surface area contributed by atoms with Crippen LogP contribution in [-0.4, -0.2) is 171 Å². The van der Waals surface area contributed by atoms with E-state index < -0.39 is 192 Å². The molecule has 10 N–H and O–H groups in total. The third kappa shape index (κ3) is 19.2. The van der Waals surface area contributed by atoms with E-state index in [9.17, 15) is 68.4 Å². The van der Waals surface area contributed by atoms with Crippen molar-refractivity contribution in [3.05, 3.63) is 196 Å². The maximum atomic E-state index is 16.7. The first-order chi connectivity index (χ1) is 57.8. The normalized spacial score (nSPS) is 29.7. The van der Waals surface area contributed by atoms with Gasteiger partial charge in [-0.05, 0) is 197 Å². The van der Waals surface area contributed by atoms with Gasteiger partial charge in [-0.3, -0.25) is 28.8 Å². The molecule has 4 aromatic carbocycles. The summed E-state index contributed by atoms with van der Waals surface area (Å²) in [6, 6.07) is 27.7. The second-order valence-corrected chi connectivity index (χ2v) is 35.8. The van der Waals surface area contributed by atoms with E-state index in [0.717, 1.165) is 64.4 Å². The Kier molecular flexibility index (Phi) is 27.6. The van der Waals surface area contributed by atoms with Crippen molar-refractivity contribution in [1.82, 2.24) is 16.0 Å². The summed E-state index contributed by atoms with van der Waals surface area (Å²) in [5.41, 5.74) is -0.978. The third-order valence-electron chi connectivity index (χ3n) is 27.1. The predicted molar refractivity (Wildman–Crippen MR) is 445 cm³/mol. The number of benzene rings is 4. The summed E-state index contributed by atoms with van der Waals surface area (Å²) >= 11 is 0. The van der Waals surface area contributed by atoms with Gasteiger partial charge in [0.25, 0.3) is 5.91 Å². The molecule has 0 radical (unpaired) electrons. The highest BCUT2D eigenvalue weighted by atomic mass is 16.7. The topological polar surface area (TPSA) is 417 Å². The van der Waals surface area contributed by atoms with Crippen LogP contribution in [0.15, 0.2) is 174 Å². The summed E-state index contributed by atoms with van der Waals surface area (Å²) in [6.45, 7) is 18.9. The number of nitrogens with two attached hydrogens (primary N) is 1. The smallest absolute Gasteiger partial charge is 0.456 e. The number of carbonyl (C=O) groups is 11. The number of primary amides is 1. The summed E-state index contributed by atoms with van der Waals surface area (Å²) in [5, 5.41) is 58.2. The number of aliphatic hydroxyl groups is 4. The van der Waals surface area contributed by atoms with Gasteiger partial charge in [0.05, 0.1) is 47.3 Å². The average molecular weight is 1680 g/mol. The van der Waals surface area contributed by atoms with Crippen molar-refractivity contribution in [2.24, 2.45) is 57.5 Å². The lowest BCUT2D eigenvalue weighted by Gasteiger charge is -2.67. The fourth-order valence-electron chi connectivity index (χ4n) is 20.1. The summed E-state index contributed by atoms with van der Waals surface area (Å²) < 4.78 is 49.6. The van der Waals surface area contributed by atoms with Crippen molar-refractivity contribution in [2.45, 2.75) is 243 Å². The van der Waals surface area contributed by atoms with E-state index in [2.05, 4.69) is 53.8 Å². The number of ketones is 2. The van der Waals surface area contributed by atoms with E-state index in [1.165, 1.54) is 95.6 Å². The number of fused-ring (bicyclic) bond motifs is 6. The average Bonchev–Trinajstić information content (AvgIpc) is 0.681. The van der Waals surface area contributed by atoms with Gasteiger partial charge in [-0.1, -0.05) is 137 Å². The van der Waals surface area contributed by atoms with Crippen molar-refractivity contribution >= 4 is 71.2 Å². The minimum Gasteiger partial charge on any atom is -0.456 e. The van der Waals surface area contributed by atoms with Gasteiger partial charge in [-0.2, -0.15) is 0 Å².